The zero-order valence-corrected chi connectivity index (χ0v) is 14.7. The van der Waals surface area contributed by atoms with Crippen molar-refractivity contribution in [1.29, 1.82) is 0 Å². The molecule has 2 aliphatic rings. The Kier molecular flexibility index (Phi) is 3.57. The quantitative estimate of drug-likeness (QED) is 0.755. The van der Waals surface area contributed by atoms with Crippen molar-refractivity contribution >= 4 is 35.0 Å². The summed E-state index contributed by atoms with van der Waals surface area (Å²) in [5.41, 5.74) is 5.25. The zero-order chi connectivity index (χ0) is 17.5. The van der Waals surface area contributed by atoms with Gasteiger partial charge < -0.3 is 5.32 Å². The van der Waals surface area contributed by atoms with Crippen molar-refractivity contribution in [3.8, 4) is 10.6 Å². The minimum absolute atomic E-state index is 0.0312. The first-order valence-corrected chi connectivity index (χ1v) is 9.40. The van der Waals surface area contributed by atoms with Gasteiger partial charge in [0.2, 0.25) is 0 Å². The minimum atomic E-state index is -0.0686. The molecule has 0 saturated carbocycles. The summed E-state index contributed by atoms with van der Waals surface area (Å²) in [7, 11) is 0. The molecule has 5 nitrogen and oxygen atoms in total. The lowest BCUT2D eigenvalue weighted by atomic mass is 10.0. The van der Waals surface area contributed by atoms with Crippen LogP contribution in [0.5, 0.6) is 0 Å². The second kappa shape index (κ2) is 6.07. The maximum Gasteiger partial charge on any atom is 0.322 e. The number of nitrogens with zero attached hydrogens (tertiary/aromatic N) is 3. The molecule has 128 valence electrons. The van der Waals surface area contributed by atoms with Crippen LogP contribution in [0.1, 0.15) is 17.2 Å². The fourth-order valence-electron chi connectivity index (χ4n) is 3.52. The van der Waals surface area contributed by atoms with Gasteiger partial charge in [-0.25, -0.2) is 9.78 Å². The molecule has 1 saturated heterocycles. The van der Waals surface area contributed by atoms with Gasteiger partial charge in [-0.1, -0.05) is 30.3 Å². The van der Waals surface area contributed by atoms with Crippen LogP contribution >= 0.6 is 11.3 Å². The van der Waals surface area contributed by atoms with Crippen molar-refractivity contribution in [2.45, 2.75) is 12.5 Å². The number of hydrogen-bond donors (Lipinski definition) is 1. The maximum atomic E-state index is 12.5. The summed E-state index contributed by atoms with van der Waals surface area (Å²) in [4.78, 5) is 23.1. The predicted molar refractivity (Wildman–Crippen MR) is 104 cm³/mol. The molecule has 1 unspecified atom stereocenters. The Balaban J connectivity index is 1.48. The number of fused-ring (bicyclic) bond motifs is 1. The molecule has 5 rings (SSSR count). The van der Waals surface area contributed by atoms with E-state index in [1.165, 1.54) is 5.56 Å². The highest BCUT2D eigenvalue weighted by Crippen LogP contribution is 2.36. The third kappa shape index (κ3) is 2.50. The van der Waals surface area contributed by atoms with Crippen LogP contribution < -0.4 is 10.2 Å². The van der Waals surface area contributed by atoms with Crippen LogP contribution in [0.3, 0.4) is 0 Å². The molecule has 0 aliphatic carbocycles. The second-order valence-electron chi connectivity index (χ2n) is 6.36. The second-order valence-corrected chi connectivity index (χ2v) is 7.25. The Hall–Kier alpha value is -2.99. The highest BCUT2D eigenvalue weighted by molar-refractivity contribution is 7.13. The van der Waals surface area contributed by atoms with E-state index in [4.69, 9.17) is 0 Å². The first kappa shape index (κ1) is 15.3. The van der Waals surface area contributed by atoms with Crippen LogP contribution in [-0.2, 0) is 6.42 Å². The fourth-order valence-corrected chi connectivity index (χ4v) is 4.16. The zero-order valence-electron chi connectivity index (χ0n) is 13.9. The number of aromatic nitrogens is 1. The third-order valence-corrected chi connectivity index (χ3v) is 5.66. The number of carbonyl (C=O) groups excluding carboxylic acids is 1. The van der Waals surface area contributed by atoms with E-state index in [0.29, 0.717) is 6.54 Å². The normalized spacial score (nSPS) is 18.2. The number of rotatable bonds is 3. The highest BCUT2D eigenvalue weighted by atomic mass is 32.1. The number of anilines is 1. The largest absolute Gasteiger partial charge is 0.335 e. The molecule has 1 aromatic heterocycles. The van der Waals surface area contributed by atoms with Crippen LogP contribution in [0, 0.1) is 0 Å². The molecule has 6 heteroatoms. The number of hydrogen-bond acceptors (Lipinski definition) is 4. The first-order chi connectivity index (χ1) is 12.8. The lowest BCUT2D eigenvalue weighted by Crippen LogP contribution is -2.29. The Morgan fingerprint density at radius 2 is 2.04 bits per heavy atom. The maximum absolute atomic E-state index is 12.5. The van der Waals surface area contributed by atoms with Crippen molar-refractivity contribution in [2.24, 2.45) is 4.99 Å². The van der Waals surface area contributed by atoms with Gasteiger partial charge in [-0.2, -0.15) is 0 Å². The average Bonchev–Trinajstić information content (AvgIpc) is 3.42. The predicted octanol–water partition coefficient (Wildman–Crippen LogP) is 4.34. The topological polar surface area (TPSA) is 57.6 Å². The molecule has 1 fully saturated rings. The van der Waals surface area contributed by atoms with E-state index in [2.05, 4.69) is 45.6 Å². The summed E-state index contributed by atoms with van der Waals surface area (Å²) in [6, 6.07) is 14.3. The number of benzene rings is 2. The van der Waals surface area contributed by atoms with Crippen LogP contribution in [0.25, 0.3) is 10.6 Å². The molecular formula is C20H16N4OS. The van der Waals surface area contributed by atoms with Crippen molar-refractivity contribution in [2.75, 3.05) is 11.4 Å². The van der Waals surface area contributed by atoms with E-state index in [9.17, 15) is 4.79 Å². The number of nitrogens with one attached hydrogen (secondary N) is 1. The lowest BCUT2D eigenvalue weighted by molar-refractivity contribution is 0.251. The van der Waals surface area contributed by atoms with Gasteiger partial charge in [0.05, 0.1) is 11.7 Å². The van der Waals surface area contributed by atoms with E-state index in [-0.39, 0.29) is 12.1 Å². The molecule has 3 aromatic rings. The smallest absolute Gasteiger partial charge is 0.322 e. The summed E-state index contributed by atoms with van der Waals surface area (Å²) < 4.78 is 0. The van der Waals surface area contributed by atoms with E-state index in [0.717, 1.165) is 33.9 Å². The first-order valence-electron chi connectivity index (χ1n) is 8.52. The molecule has 2 aliphatic heterocycles. The molecule has 0 spiro atoms. The summed E-state index contributed by atoms with van der Waals surface area (Å²) in [5, 5.41) is 5.94. The molecule has 2 aromatic carbocycles. The van der Waals surface area contributed by atoms with Gasteiger partial charge >= 0.3 is 6.03 Å². The van der Waals surface area contributed by atoms with Crippen molar-refractivity contribution < 1.29 is 4.79 Å². The van der Waals surface area contributed by atoms with Gasteiger partial charge in [-0.15, -0.1) is 11.3 Å². The minimum Gasteiger partial charge on any atom is -0.335 e. The van der Waals surface area contributed by atoms with Gasteiger partial charge in [0, 0.05) is 42.0 Å². The van der Waals surface area contributed by atoms with Gasteiger partial charge in [0.25, 0.3) is 0 Å². The summed E-state index contributed by atoms with van der Waals surface area (Å²) in [5.74, 6) is 0. The number of aliphatic imine (C=N–C) groups is 1. The van der Waals surface area contributed by atoms with Gasteiger partial charge in [0.1, 0.15) is 5.01 Å². The van der Waals surface area contributed by atoms with Crippen LogP contribution in [0.4, 0.5) is 16.2 Å². The molecular weight excluding hydrogens is 344 g/mol. The van der Waals surface area contributed by atoms with Crippen molar-refractivity contribution in [1.82, 2.24) is 10.3 Å². The fraction of sp³-hybridized carbons (Fsp3) is 0.150. The SMILES string of the molecule is O=C1NCC(c2ccc(-c3nccs3)cc2)N1c1ccc2c(c1)N=CC2. The lowest BCUT2D eigenvalue weighted by Gasteiger charge is -2.24. The number of urea groups is 1. The monoisotopic (exact) mass is 360 g/mol. The molecule has 3 heterocycles. The highest BCUT2D eigenvalue weighted by Gasteiger charge is 2.33. The van der Waals surface area contributed by atoms with Crippen molar-refractivity contribution in [3.63, 3.8) is 0 Å². The third-order valence-electron chi connectivity index (χ3n) is 4.84. The van der Waals surface area contributed by atoms with Crippen LogP contribution in [-0.4, -0.2) is 23.8 Å². The summed E-state index contributed by atoms with van der Waals surface area (Å²) >= 11 is 1.62. The Morgan fingerprint density at radius 3 is 2.85 bits per heavy atom. The Bertz CT molecular complexity index is 995. The van der Waals surface area contributed by atoms with Gasteiger partial charge in [-0.05, 0) is 23.3 Å². The summed E-state index contributed by atoms with van der Waals surface area (Å²) in [6.07, 6.45) is 4.59. The molecule has 1 N–H and O–H groups in total. The summed E-state index contributed by atoms with van der Waals surface area (Å²) in [6.45, 7) is 0.593. The number of amides is 2. The molecule has 26 heavy (non-hydrogen) atoms. The van der Waals surface area contributed by atoms with Gasteiger partial charge in [-0.3, -0.25) is 9.89 Å². The average molecular weight is 360 g/mol. The standard InChI is InChI=1S/C20H16N4OS/c25-20-23-12-18(14-1-3-15(4-2-14)19-22-9-10-26-19)24(20)16-6-5-13-7-8-21-17(13)11-16/h1-6,8-11,18H,7,12H2,(H,23,25). The van der Waals surface area contributed by atoms with Gasteiger partial charge in [0.15, 0.2) is 0 Å². The Labute approximate surface area is 155 Å². The molecule has 1 atom stereocenters. The Morgan fingerprint density at radius 1 is 1.15 bits per heavy atom. The molecule has 0 bridgehead atoms. The van der Waals surface area contributed by atoms with E-state index < -0.39 is 0 Å². The number of thiazole rings is 1. The van der Waals surface area contributed by atoms with E-state index in [1.807, 2.05) is 34.8 Å². The molecule has 0 radical (unpaired) electrons. The van der Waals surface area contributed by atoms with Crippen LogP contribution in [0.15, 0.2) is 59.0 Å². The van der Waals surface area contributed by atoms with Crippen LogP contribution in [0.2, 0.25) is 0 Å². The van der Waals surface area contributed by atoms with Crippen molar-refractivity contribution in [3.05, 3.63) is 65.2 Å². The molecule has 2 amide bonds. The number of carbonyl (C=O) groups is 1. The van der Waals surface area contributed by atoms with E-state index >= 15 is 0 Å². The van der Waals surface area contributed by atoms with E-state index in [1.54, 1.807) is 11.3 Å².